The first-order valence-electron chi connectivity index (χ1n) is 6.19. The first-order valence-corrected chi connectivity index (χ1v) is 6.19. The molecule has 0 aliphatic rings. The Kier molecular flexibility index (Phi) is 4.39. The number of azo groups is 1. The Hall–Kier alpha value is -2.75. The molecule has 4 nitrogen and oxygen atoms in total. The standard InChI is InChI=1S/C16H15N3O/c1-3-16(20)17-13-8-10-15(11-9-13)19-18-14-6-4-12(2)5-7-14/h3-11H,1H2,2H3,(H,17,20). The average Bonchev–Trinajstić information content (AvgIpc) is 2.48. The molecule has 0 aromatic heterocycles. The van der Waals surface area contributed by atoms with E-state index in [1.807, 2.05) is 31.2 Å². The van der Waals surface area contributed by atoms with Gasteiger partial charge in [0.25, 0.3) is 0 Å². The molecule has 4 heteroatoms. The van der Waals surface area contributed by atoms with Crippen molar-refractivity contribution < 1.29 is 4.79 Å². The topological polar surface area (TPSA) is 53.8 Å². The van der Waals surface area contributed by atoms with Crippen LogP contribution in [-0.4, -0.2) is 5.91 Å². The number of anilines is 1. The summed E-state index contributed by atoms with van der Waals surface area (Å²) in [6.45, 7) is 5.42. The van der Waals surface area contributed by atoms with Crippen LogP contribution in [0.5, 0.6) is 0 Å². The number of carbonyl (C=O) groups excluding carboxylic acids is 1. The lowest BCUT2D eigenvalue weighted by Crippen LogP contribution is -2.06. The van der Waals surface area contributed by atoms with Crippen LogP contribution in [0.3, 0.4) is 0 Å². The van der Waals surface area contributed by atoms with E-state index in [4.69, 9.17) is 0 Å². The summed E-state index contributed by atoms with van der Waals surface area (Å²) in [5, 5.41) is 11.0. The normalized spacial score (nSPS) is 10.4. The minimum atomic E-state index is -0.237. The first-order chi connectivity index (χ1) is 9.67. The number of nitrogens with one attached hydrogen (secondary N) is 1. The molecule has 1 N–H and O–H groups in total. The van der Waals surface area contributed by atoms with Gasteiger partial charge in [0.2, 0.25) is 5.91 Å². The molecule has 0 aliphatic carbocycles. The van der Waals surface area contributed by atoms with E-state index in [1.165, 1.54) is 11.6 Å². The average molecular weight is 265 g/mol. The monoisotopic (exact) mass is 265 g/mol. The van der Waals surface area contributed by atoms with Crippen LogP contribution in [0.2, 0.25) is 0 Å². The van der Waals surface area contributed by atoms with Crippen molar-refractivity contribution >= 4 is 23.0 Å². The zero-order chi connectivity index (χ0) is 14.4. The molecule has 100 valence electrons. The molecule has 2 aromatic carbocycles. The van der Waals surface area contributed by atoms with Gasteiger partial charge in [0, 0.05) is 5.69 Å². The van der Waals surface area contributed by atoms with Crippen LogP contribution in [0.1, 0.15) is 5.56 Å². The molecule has 2 rings (SSSR count). The van der Waals surface area contributed by atoms with Gasteiger partial charge < -0.3 is 5.32 Å². The molecule has 20 heavy (non-hydrogen) atoms. The van der Waals surface area contributed by atoms with Gasteiger partial charge in [-0.2, -0.15) is 10.2 Å². The van der Waals surface area contributed by atoms with Crippen LogP contribution in [0.15, 0.2) is 71.4 Å². The van der Waals surface area contributed by atoms with Gasteiger partial charge in [-0.15, -0.1) is 0 Å². The number of hydrogen-bond donors (Lipinski definition) is 1. The fourth-order valence-corrected chi connectivity index (χ4v) is 1.53. The summed E-state index contributed by atoms with van der Waals surface area (Å²) in [5.74, 6) is -0.237. The van der Waals surface area contributed by atoms with Crippen molar-refractivity contribution in [2.75, 3.05) is 5.32 Å². The maximum atomic E-state index is 11.1. The summed E-state index contributed by atoms with van der Waals surface area (Å²) in [5.41, 5.74) is 3.41. The number of hydrogen-bond acceptors (Lipinski definition) is 3. The summed E-state index contributed by atoms with van der Waals surface area (Å²) in [6.07, 6.45) is 1.23. The molecule has 0 atom stereocenters. The smallest absolute Gasteiger partial charge is 0.247 e. The fraction of sp³-hybridized carbons (Fsp3) is 0.0625. The SMILES string of the molecule is C=CC(=O)Nc1ccc(N=Nc2ccc(C)cc2)cc1. The minimum Gasteiger partial charge on any atom is -0.323 e. The van der Waals surface area contributed by atoms with Gasteiger partial charge in [0.05, 0.1) is 11.4 Å². The Bertz CT molecular complexity index is 628. The predicted molar refractivity (Wildman–Crippen MR) is 80.6 cm³/mol. The lowest BCUT2D eigenvalue weighted by Gasteiger charge is -2.01. The van der Waals surface area contributed by atoms with E-state index in [0.717, 1.165) is 11.4 Å². The minimum absolute atomic E-state index is 0.237. The molecule has 0 bridgehead atoms. The van der Waals surface area contributed by atoms with Crippen molar-refractivity contribution in [3.63, 3.8) is 0 Å². The number of benzene rings is 2. The number of aryl methyl sites for hydroxylation is 1. The zero-order valence-corrected chi connectivity index (χ0v) is 11.2. The van der Waals surface area contributed by atoms with E-state index in [9.17, 15) is 4.79 Å². The lowest BCUT2D eigenvalue weighted by atomic mass is 10.2. The van der Waals surface area contributed by atoms with Crippen molar-refractivity contribution in [2.24, 2.45) is 10.2 Å². The molecular weight excluding hydrogens is 250 g/mol. The molecule has 1 amide bonds. The van der Waals surface area contributed by atoms with Gasteiger partial charge in [-0.05, 0) is 49.4 Å². The Balaban J connectivity index is 2.05. The number of rotatable bonds is 4. The van der Waals surface area contributed by atoms with Crippen LogP contribution in [-0.2, 0) is 4.79 Å². The summed E-state index contributed by atoms with van der Waals surface area (Å²) >= 11 is 0. The third kappa shape index (κ3) is 3.88. The maximum Gasteiger partial charge on any atom is 0.247 e. The second-order valence-corrected chi connectivity index (χ2v) is 4.28. The van der Waals surface area contributed by atoms with Crippen molar-refractivity contribution in [1.29, 1.82) is 0 Å². The van der Waals surface area contributed by atoms with E-state index in [-0.39, 0.29) is 5.91 Å². The molecule has 0 saturated carbocycles. The van der Waals surface area contributed by atoms with Crippen molar-refractivity contribution in [2.45, 2.75) is 6.92 Å². The highest BCUT2D eigenvalue weighted by molar-refractivity contribution is 5.98. The van der Waals surface area contributed by atoms with Crippen LogP contribution >= 0.6 is 0 Å². The van der Waals surface area contributed by atoms with Gasteiger partial charge in [-0.25, -0.2) is 0 Å². The molecule has 0 unspecified atom stereocenters. The summed E-state index contributed by atoms with van der Waals surface area (Å²) < 4.78 is 0. The first kappa shape index (κ1) is 13.7. The highest BCUT2D eigenvalue weighted by atomic mass is 16.1. The van der Waals surface area contributed by atoms with Crippen molar-refractivity contribution in [3.05, 3.63) is 66.7 Å². The van der Waals surface area contributed by atoms with E-state index >= 15 is 0 Å². The summed E-state index contributed by atoms with van der Waals surface area (Å²) in [6, 6.07) is 14.9. The molecule has 0 radical (unpaired) electrons. The largest absolute Gasteiger partial charge is 0.323 e. The summed E-state index contributed by atoms with van der Waals surface area (Å²) in [4.78, 5) is 11.1. The van der Waals surface area contributed by atoms with Crippen molar-refractivity contribution in [1.82, 2.24) is 0 Å². The van der Waals surface area contributed by atoms with Gasteiger partial charge in [0.1, 0.15) is 0 Å². The Labute approximate surface area is 117 Å². The van der Waals surface area contributed by atoms with E-state index in [1.54, 1.807) is 24.3 Å². The van der Waals surface area contributed by atoms with Gasteiger partial charge >= 0.3 is 0 Å². The third-order valence-corrected chi connectivity index (χ3v) is 2.64. The van der Waals surface area contributed by atoms with Gasteiger partial charge in [-0.3, -0.25) is 4.79 Å². The van der Waals surface area contributed by atoms with Crippen LogP contribution < -0.4 is 5.32 Å². The second kappa shape index (κ2) is 6.43. The fourth-order valence-electron chi connectivity index (χ4n) is 1.53. The molecule has 0 fully saturated rings. The number of nitrogens with zero attached hydrogens (tertiary/aromatic N) is 2. The molecule has 2 aromatic rings. The van der Waals surface area contributed by atoms with Crippen LogP contribution in [0, 0.1) is 6.92 Å². The second-order valence-electron chi connectivity index (χ2n) is 4.28. The van der Waals surface area contributed by atoms with Crippen LogP contribution in [0.25, 0.3) is 0 Å². The van der Waals surface area contributed by atoms with E-state index in [0.29, 0.717) is 5.69 Å². The van der Waals surface area contributed by atoms with E-state index < -0.39 is 0 Å². The van der Waals surface area contributed by atoms with E-state index in [2.05, 4.69) is 22.1 Å². The zero-order valence-electron chi connectivity index (χ0n) is 11.2. The number of carbonyl (C=O) groups is 1. The molecule has 0 spiro atoms. The Morgan fingerprint density at radius 2 is 1.50 bits per heavy atom. The maximum absolute atomic E-state index is 11.1. The third-order valence-electron chi connectivity index (χ3n) is 2.64. The quantitative estimate of drug-likeness (QED) is 0.640. The Morgan fingerprint density at radius 3 is 2.00 bits per heavy atom. The Morgan fingerprint density at radius 1 is 1.00 bits per heavy atom. The highest BCUT2D eigenvalue weighted by Gasteiger charge is 1.97. The molecular formula is C16H15N3O. The molecule has 0 heterocycles. The lowest BCUT2D eigenvalue weighted by molar-refractivity contribution is -0.111. The number of amides is 1. The predicted octanol–water partition coefficient (Wildman–Crippen LogP) is 4.53. The van der Waals surface area contributed by atoms with Crippen LogP contribution in [0.4, 0.5) is 17.1 Å². The highest BCUT2D eigenvalue weighted by Crippen LogP contribution is 2.20. The van der Waals surface area contributed by atoms with Crippen molar-refractivity contribution in [3.8, 4) is 0 Å². The van der Waals surface area contributed by atoms with Gasteiger partial charge in [-0.1, -0.05) is 24.3 Å². The molecule has 0 aliphatic heterocycles. The molecule has 0 saturated heterocycles. The summed E-state index contributed by atoms with van der Waals surface area (Å²) in [7, 11) is 0. The van der Waals surface area contributed by atoms with Gasteiger partial charge in [0.15, 0.2) is 0 Å².